The number of hydrogen-bond donors (Lipinski definition) is 2. The topological polar surface area (TPSA) is 72.6 Å². The van der Waals surface area contributed by atoms with Crippen molar-refractivity contribution in [2.45, 2.75) is 51.2 Å². The molecule has 1 saturated carbocycles. The van der Waals surface area contributed by atoms with Gasteiger partial charge < -0.3 is 15.6 Å². The molecule has 3 N–H and O–H groups in total. The van der Waals surface area contributed by atoms with Crippen LogP contribution in [0.4, 0.5) is 4.79 Å². The molecule has 82 valence electrons. The van der Waals surface area contributed by atoms with E-state index in [0.29, 0.717) is 5.92 Å². The third-order valence-electron chi connectivity index (χ3n) is 2.67. The molecule has 1 rings (SSSR count). The van der Waals surface area contributed by atoms with Gasteiger partial charge in [-0.1, -0.05) is 0 Å². The van der Waals surface area contributed by atoms with Crippen LogP contribution in [-0.4, -0.2) is 22.9 Å². The van der Waals surface area contributed by atoms with Crippen molar-refractivity contribution in [1.29, 1.82) is 0 Å². The van der Waals surface area contributed by atoms with E-state index in [1.165, 1.54) is 0 Å². The summed E-state index contributed by atoms with van der Waals surface area (Å²) in [6.45, 7) is 3.70. The van der Waals surface area contributed by atoms with E-state index < -0.39 is 11.7 Å². The molecule has 0 aromatic heterocycles. The van der Waals surface area contributed by atoms with Gasteiger partial charge in [0.25, 0.3) is 0 Å². The highest BCUT2D eigenvalue weighted by atomic mass is 16.6. The molecule has 0 aliphatic heterocycles. The molecule has 0 saturated heterocycles. The third kappa shape index (κ3) is 3.54. The van der Waals surface area contributed by atoms with Crippen LogP contribution in [-0.2, 0) is 4.74 Å². The monoisotopic (exact) mass is 201 g/mol. The van der Waals surface area contributed by atoms with Gasteiger partial charge >= 0.3 is 6.09 Å². The van der Waals surface area contributed by atoms with Crippen LogP contribution in [0.5, 0.6) is 0 Å². The second-order valence-corrected chi connectivity index (χ2v) is 4.72. The van der Waals surface area contributed by atoms with E-state index in [-0.39, 0.29) is 6.10 Å². The van der Waals surface area contributed by atoms with Gasteiger partial charge in [0.05, 0.1) is 6.10 Å². The number of ether oxygens (including phenoxy) is 1. The van der Waals surface area contributed by atoms with Gasteiger partial charge in [0.1, 0.15) is 5.60 Å². The molecule has 2 atom stereocenters. The minimum absolute atomic E-state index is 0.177. The number of rotatable bonds is 3. The molecule has 1 aliphatic carbocycles. The Morgan fingerprint density at radius 1 is 1.57 bits per heavy atom. The summed E-state index contributed by atoms with van der Waals surface area (Å²) in [7, 11) is 0. The van der Waals surface area contributed by atoms with Gasteiger partial charge in [0.2, 0.25) is 0 Å². The molecule has 0 spiro atoms. The Morgan fingerprint density at radius 3 is 2.64 bits per heavy atom. The van der Waals surface area contributed by atoms with Crippen LogP contribution >= 0.6 is 0 Å². The zero-order valence-corrected chi connectivity index (χ0v) is 8.82. The molecule has 1 amide bonds. The molecular weight excluding hydrogens is 182 g/mol. The lowest BCUT2D eigenvalue weighted by molar-refractivity contribution is 0.0257. The van der Waals surface area contributed by atoms with Crippen molar-refractivity contribution >= 4 is 6.09 Å². The van der Waals surface area contributed by atoms with E-state index in [1.807, 2.05) is 13.8 Å². The summed E-state index contributed by atoms with van der Waals surface area (Å²) in [4.78, 5) is 10.6. The molecule has 0 heterocycles. The summed E-state index contributed by atoms with van der Waals surface area (Å²) < 4.78 is 4.99. The molecule has 14 heavy (non-hydrogen) atoms. The molecule has 0 bridgehead atoms. The van der Waals surface area contributed by atoms with E-state index in [2.05, 4.69) is 0 Å². The van der Waals surface area contributed by atoms with Crippen LogP contribution in [0.15, 0.2) is 0 Å². The highest BCUT2D eigenvalue weighted by molar-refractivity contribution is 5.65. The molecule has 0 aromatic carbocycles. The van der Waals surface area contributed by atoms with E-state index in [1.54, 1.807) is 0 Å². The average molecular weight is 201 g/mol. The first-order valence-electron chi connectivity index (χ1n) is 5.05. The number of amides is 1. The summed E-state index contributed by atoms with van der Waals surface area (Å²) >= 11 is 0. The largest absolute Gasteiger partial charge is 0.444 e. The first kappa shape index (κ1) is 11.3. The quantitative estimate of drug-likeness (QED) is 0.725. The lowest BCUT2D eigenvalue weighted by atomic mass is 9.92. The van der Waals surface area contributed by atoms with Crippen molar-refractivity contribution in [2.24, 2.45) is 11.7 Å². The molecule has 1 aliphatic rings. The normalized spacial score (nSPS) is 27.6. The van der Waals surface area contributed by atoms with Gasteiger partial charge in [-0.05, 0) is 45.4 Å². The molecule has 1 fully saturated rings. The highest BCUT2D eigenvalue weighted by Gasteiger charge is 2.31. The van der Waals surface area contributed by atoms with Gasteiger partial charge in [0, 0.05) is 0 Å². The number of aliphatic hydroxyl groups excluding tert-OH is 1. The Morgan fingerprint density at radius 2 is 2.21 bits per heavy atom. The fraction of sp³-hybridized carbons (Fsp3) is 0.900. The first-order chi connectivity index (χ1) is 6.39. The van der Waals surface area contributed by atoms with Crippen LogP contribution in [0.1, 0.15) is 39.5 Å². The van der Waals surface area contributed by atoms with Gasteiger partial charge in [0.15, 0.2) is 0 Å². The molecule has 4 nitrogen and oxygen atoms in total. The lowest BCUT2D eigenvalue weighted by Crippen LogP contribution is -2.32. The van der Waals surface area contributed by atoms with Crippen LogP contribution in [0, 0.1) is 5.92 Å². The Labute approximate surface area is 84.4 Å². The molecular formula is C10H19NO3. The van der Waals surface area contributed by atoms with Crippen LogP contribution < -0.4 is 5.73 Å². The Hall–Kier alpha value is -0.770. The van der Waals surface area contributed by atoms with Crippen molar-refractivity contribution < 1.29 is 14.6 Å². The molecule has 4 heteroatoms. The standard InChI is InChI=1S/C10H19NO3/c1-10(2,14-9(11)13)6-7-3-4-8(12)5-7/h7-8,12H,3-6H2,1-2H3,(H2,11,13). The van der Waals surface area contributed by atoms with Gasteiger partial charge in [-0.2, -0.15) is 0 Å². The highest BCUT2D eigenvalue weighted by Crippen LogP contribution is 2.33. The smallest absolute Gasteiger partial charge is 0.405 e. The third-order valence-corrected chi connectivity index (χ3v) is 2.67. The number of hydrogen-bond acceptors (Lipinski definition) is 3. The summed E-state index contributed by atoms with van der Waals surface area (Å²) in [6.07, 6.45) is 2.54. The number of aliphatic hydroxyl groups is 1. The second-order valence-electron chi connectivity index (χ2n) is 4.72. The van der Waals surface area contributed by atoms with Crippen molar-refractivity contribution in [2.75, 3.05) is 0 Å². The number of carbonyl (C=O) groups excluding carboxylic acids is 1. The van der Waals surface area contributed by atoms with Gasteiger partial charge in [-0.15, -0.1) is 0 Å². The number of carbonyl (C=O) groups is 1. The van der Waals surface area contributed by atoms with Crippen molar-refractivity contribution in [3.05, 3.63) is 0 Å². The predicted molar refractivity (Wildman–Crippen MR) is 52.7 cm³/mol. The van der Waals surface area contributed by atoms with E-state index in [9.17, 15) is 9.90 Å². The summed E-state index contributed by atoms with van der Waals surface area (Å²) in [5.41, 5.74) is 4.46. The molecule has 0 aromatic rings. The molecule has 2 unspecified atom stereocenters. The van der Waals surface area contributed by atoms with Crippen LogP contribution in [0.3, 0.4) is 0 Å². The summed E-state index contributed by atoms with van der Waals surface area (Å²) in [6, 6.07) is 0. The van der Waals surface area contributed by atoms with E-state index >= 15 is 0 Å². The summed E-state index contributed by atoms with van der Waals surface area (Å²) in [5.74, 6) is 0.444. The fourth-order valence-corrected chi connectivity index (χ4v) is 2.24. The van der Waals surface area contributed by atoms with Gasteiger partial charge in [-0.3, -0.25) is 0 Å². The van der Waals surface area contributed by atoms with Crippen LogP contribution in [0.2, 0.25) is 0 Å². The fourth-order valence-electron chi connectivity index (χ4n) is 2.24. The Bertz CT molecular complexity index is 215. The Kier molecular flexibility index (Phi) is 3.37. The zero-order valence-electron chi connectivity index (χ0n) is 8.82. The van der Waals surface area contributed by atoms with Gasteiger partial charge in [-0.25, -0.2) is 4.79 Å². The maximum atomic E-state index is 10.6. The van der Waals surface area contributed by atoms with Crippen molar-refractivity contribution in [3.63, 3.8) is 0 Å². The minimum Gasteiger partial charge on any atom is -0.444 e. The first-order valence-corrected chi connectivity index (χ1v) is 5.05. The number of primary amides is 1. The SMILES string of the molecule is CC(C)(CC1CCC(O)C1)OC(N)=O. The van der Waals surface area contributed by atoms with Crippen molar-refractivity contribution in [3.8, 4) is 0 Å². The second kappa shape index (κ2) is 4.17. The zero-order chi connectivity index (χ0) is 10.8. The maximum absolute atomic E-state index is 10.6. The average Bonchev–Trinajstić information content (AvgIpc) is 2.30. The van der Waals surface area contributed by atoms with E-state index in [0.717, 1.165) is 25.7 Å². The van der Waals surface area contributed by atoms with Crippen LogP contribution in [0.25, 0.3) is 0 Å². The Balaban J connectivity index is 2.38. The molecule has 0 radical (unpaired) electrons. The maximum Gasteiger partial charge on any atom is 0.405 e. The minimum atomic E-state index is -0.728. The lowest BCUT2D eigenvalue weighted by Gasteiger charge is -2.26. The van der Waals surface area contributed by atoms with E-state index in [4.69, 9.17) is 10.5 Å². The number of nitrogens with two attached hydrogens (primary N) is 1. The summed E-state index contributed by atoms with van der Waals surface area (Å²) in [5, 5.41) is 9.35. The van der Waals surface area contributed by atoms with Crippen molar-refractivity contribution in [1.82, 2.24) is 0 Å². The predicted octanol–water partition coefficient (Wildman–Crippen LogP) is 1.41.